The first-order valence-electron chi connectivity index (χ1n) is 6.29. The van der Waals surface area contributed by atoms with E-state index in [4.69, 9.17) is 0 Å². The molecule has 0 aromatic heterocycles. The lowest BCUT2D eigenvalue weighted by atomic mass is 10.1. The lowest BCUT2D eigenvalue weighted by molar-refractivity contribution is 0.462. The molecule has 6 heteroatoms. The first-order valence-corrected chi connectivity index (χ1v) is 7.73. The van der Waals surface area contributed by atoms with Gasteiger partial charge in [0.15, 0.2) is 0 Å². The van der Waals surface area contributed by atoms with Gasteiger partial charge in [-0.15, -0.1) is 0 Å². The average Bonchev–Trinajstić information content (AvgIpc) is 3.16. The number of halogens is 1. The molecule has 0 unspecified atom stereocenters. The fourth-order valence-electron chi connectivity index (χ4n) is 2.07. The highest BCUT2D eigenvalue weighted by Gasteiger charge is 2.36. The first-order chi connectivity index (χ1) is 8.87. The van der Waals surface area contributed by atoms with Crippen molar-refractivity contribution in [2.24, 2.45) is 0 Å². The van der Waals surface area contributed by atoms with Gasteiger partial charge in [0.05, 0.1) is 4.90 Å². The van der Waals surface area contributed by atoms with Crippen LogP contribution in [0.15, 0.2) is 17.0 Å². The Bertz CT molecular complexity index is 583. The minimum absolute atomic E-state index is 0.0698. The van der Waals surface area contributed by atoms with Crippen LogP contribution in [0.3, 0.4) is 0 Å². The maximum Gasteiger partial charge on any atom is 0.243 e. The van der Waals surface area contributed by atoms with Crippen LogP contribution in [-0.2, 0) is 16.6 Å². The molecule has 1 saturated carbocycles. The maximum absolute atomic E-state index is 13.9. The summed E-state index contributed by atoms with van der Waals surface area (Å²) in [7, 11) is -0.301. The van der Waals surface area contributed by atoms with Crippen molar-refractivity contribution in [2.75, 3.05) is 14.1 Å². The van der Waals surface area contributed by atoms with Crippen molar-refractivity contribution in [2.45, 2.75) is 37.2 Å². The van der Waals surface area contributed by atoms with E-state index < -0.39 is 15.8 Å². The van der Waals surface area contributed by atoms with Crippen LogP contribution in [0.5, 0.6) is 0 Å². The van der Waals surface area contributed by atoms with E-state index in [2.05, 4.69) is 5.32 Å². The van der Waals surface area contributed by atoms with Gasteiger partial charge in [-0.1, -0.05) is 0 Å². The number of nitrogens with one attached hydrogen (secondary N) is 1. The molecular formula is C13H19FN2O2S. The lowest BCUT2D eigenvalue weighted by Crippen LogP contribution is -2.30. The molecular weight excluding hydrogens is 267 g/mol. The third-order valence-corrected chi connectivity index (χ3v) is 5.49. The van der Waals surface area contributed by atoms with Gasteiger partial charge in [0.2, 0.25) is 10.0 Å². The minimum atomic E-state index is -3.60. The topological polar surface area (TPSA) is 49.4 Å². The Balaban J connectivity index is 2.48. The molecule has 1 aromatic rings. The van der Waals surface area contributed by atoms with E-state index in [1.54, 1.807) is 20.2 Å². The van der Waals surface area contributed by atoms with Crippen LogP contribution >= 0.6 is 0 Å². The van der Waals surface area contributed by atoms with E-state index >= 15 is 0 Å². The molecule has 19 heavy (non-hydrogen) atoms. The van der Waals surface area contributed by atoms with Crippen molar-refractivity contribution in [3.8, 4) is 0 Å². The van der Waals surface area contributed by atoms with Crippen molar-refractivity contribution in [3.05, 3.63) is 29.1 Å². The quantitative estimate of drug-likeness (QED) is 0.895. The summed E-state index contributed by atoms with van der Waals surface area (Å²) in [5, 5.41) is 2.90. The van der Waals surface area contributed by atoms with E-state index in [1.807, 2.05) is 0 Å². The normalized spacial score (nSPS) is 16.1. The molecule has 0 heterocycles. The predicted octanol–water partition coefficient (Wildman–Crippen LogP) is 1.64. The van der Waals surface area contributed by atoms with Crippen LogP contribution in [0.25, 0.3) is 0 Å². The Morgan fingerprint density at radius 1 is 1.42 bits per heavy atom. The van der Waals surface area contributed by atoms with E-state index in [9.17, 15) is 12.8 Å². The molecule has 0 spiro atoms. The van der Waals surface area contributed by atoms with Gasteiger partial charge in [0.25, 0.3) is 0 Å². The van der Waals surface area contributed by atoms with Crippen LogP contribution in [0.1, 0.15) is 24.0 Å². The fraction of sp³-hybridized carbons (Fsp3) is 0.538. The monoisotopic (exact) mass is 286 g/mol. The highest BCUT2D eigenvalue weighted by molar-refractivity contribution is 7.89. The summed E-state index contributed by atoms with van der Waals surface area (Å²) in [6, 6.07) is 3.01. The predicted molar refractivity (Wildman–Crippen MR) is 71.9 cm³/mol. The zero-order valence-corrected chi connectivity index (χ0v) is 12.2. The summed E-state index contributed by atoms with van der Waals surface area (Å²) in [4.78, 5) is 0.0761. The van der Waals surface area contributed by atoms with E-state index in [0.29, 0.717) is 12.1 Å². The van der Waals surface area contributed by atoms with E-state index in [0.717, 1.165) is 12.8 Å². The summed E-state index contributed by atoms with van der Waals surface area (Å²) in [5.41, 5.74) is 0.820. The summed E-state index contributed by atoms with van der Waals surface area (Å²) < 4.78 is 40.2. The Morgan fingerprint density at radius 3 is 2.58 bits per heavy atom. The standard InChI is InChI=1S/C13H19FN2O2S/c1-9-12(14)6-10(8-15-2)7-13(9)19(17,18)16(3)11-4-5-11/h6-7,11,15H,4-5,8H2,1-3H3. The second-order valence-electron chi connectivity index (χ2n) is 4.98. The highest BCUT2D eigenvalue weighted by atomic mass is 32.2. The fourth-order valence-corrected chi connectivity index (χ4v) is 3.77. The number of benzene rings is 1. The average molecular weight is 286 g/mol. The van der Waals surface area contributed by atoms with Crippen molar-refractivity contribution in [1.29, 1.82) is 0 Å². The minimum Gasteiger partial charge on any atom is -0.316 e. The molecule has 106 valence electrons. The smallest absolute Gasteiger partial charge is 0.243 e. The third-order valence-electron chi connectivity index (χ3n) is 3.46. The molecule has 0 bridgehead atoms. The van der Waals surface area contributed by atoms with E-state index in [1.165, 1.54) is 17.3 Å². The molecule has 0 aliphatic heterocycles. The first kappa shape index (κ1) is 14.4. The second kappa shape index (κ2) is 5.19. The van der Waals surface area contributed by atoms with Gasteiger partial charge in [-0.3, -0.25) is 0 Å². The zero-order valence-electron chi connectivity index (χ0n) is 11.4. The van der Waals surface area contributed by atoms with Gasteiger partial charge in [0, 0.05) is 25.2 Å². The molecule has 0 saturated heterocycles. The molecule has 0 radical (unpaired) electrons. The largest absolute Gasteiger partial charge is 0.316 e. The van der Waals surface area contributed by atoms with Gasteiger partial charge in [-0.2, -0.15) is 4.31 Å². The van der Waals surface area contributed by atoms with Crippen LogP contribution in [0.4, 0.5) is 4.39 Å². The second-order valence-corrected chi connectivity index (χ2v) is 6.95. The SMILES string of the molecule is CNCc1cc(F)c(C)c(S(=O)(=O)N(C)C2CC2)c1. The Morgan fingerprint density at radius 2 is 2.05 bits per heavy atom. The summed E-state index contributed by atoms with van der Waals surface area (Å²) in [6.45, 7) is 1.94. The van der Waals surface area contributed by atoms with Crippen molar-refractivity contribution in [1.82, 2.24) is 9.62 Å². The number of hydrogen-bond donors (Lipinski definition) is 1. The van der Waals surface area contributed by atoms with Crippen LogP contribution in [-0.4, -0.2) is 32.9 Å². The summed E-state index contributed by atoms with van der Waals surface area (Å²) >= 11 is 0. The molecule has 1 aliphatic rings. The Hall–Kier alpha value is -0.980. The van der Waals surface area contributed by atoms with Gasteiger partial charge in [-0.25, -0.2) is 12.8 Å². The molecule has 0 atom stereocenters. The van der Waals surface area contributed by atoms with Crippen molar-refractivity contribution >= 4 is 10.0 Å². The highest BCUT2D eigenvalue weighted by Crippen LogP contribution is 2.32. The molecule has 1 fully saturated rings. The lowest BCUT2D eigenvalue weighted by Gasteiger charge is -2.19. The Kier molecular flexibility index (Phi) is 3.94. The van der Waals surface area contributed by atoms with Gasteiger partial charge < -0.3 is 5.32 Å². The Labute approximate surface area is 113 Å². The molecule has 2 rings (SSSR count). The number of rotatable bonds is 5. The molecule has 1 aromatic carbocycles. The van der Waals surface area contributed by atoms with Crippen molar-refractivity contribution in [3.63, 3.8) is 0 Å². The molecule has 0 amide bonds. The van der Waals surface area contributed by atoms with Crippen molar-refractivity contribution < 1.29 is 12.8 Å². The van der Waals surface area contributed by atoms with Gasteiger partial charge in [0.1, 0.15) is 5.82 Å². The van der Waals surface area contributed by atoms with Gasteiger partial charge >= 0.3 is 0 Å². The van der Waals surface area contributed by atoms with Gasteiger partial charge in [-0.05, 0) is 44.5 Å². The summed E-state index contributed by atoms with van der Waals surface area (Å²) in [5.74, 6) is -0.476. The van der Waals surface area contributed by atoms with E-state index in [-0.39, 0.29) is 16.5 Å². The number of sulfonamides is 1. The summed E-state index contributed by atoms with van der Waals surface area (Å²) in [6.07, 6.45) is 1.76. The molecule has 1 aliphatic carbocycles. The van der Waals surface area contributed by atoms with Crippen LogP contribution < -0.4 is 5.32 Å². The third kappa shape index (κ3) is 2.80. The number of nitrogens with zero attached hydrogens (tertiary/aromatic N) is 1. The maximum atomic E-state index is 13.9. The van der Waals surface area contributed by atoms with Crippen LogP contribution in [0, 0.1) is 12.7 Å². The molecule has 1 N–H and O–H groups in total. The zero-order chi connectivity index (χ0) is 14.2. The number of hydrogen-bond acceptors (Lipinski definition) is 3. The molecule has 4 nitrogen and oxygen atoms in total. The van der Waals surface area contributed by atoms with Crippen LogP contribution in [0.2, 0.25) is 0 Å².